The number of ether oxygens (including phenoxy) is 1. The van der Waals surface area contributed by atoms with Crippen LogP contribution in [0.25, 0.3) is 0 Å². The van der Waals surface area contributed by atoms with Gasteiger partial charge in [0.2, 0.25) is 15.9 Å². The van der Waals surface area contributed by atoms with Gasteiger partial charge in [0, 0.05) is 32.2 Å². The molecule has 1 aliphatic rings. The number of hydrogen-bond acceptors (Lipinski definition) is 4. The molecule has 1 atom stereocenters. The number of carbonyl (C=O) groups excluding carboxylic acids is 1. The fourth-order valence-electron chi connectivity index (χ4n) is 3.76. The molecule has 0 aromatic heterocycles. The number of piperidine rings is 1. The average Bonchev–Trinajstić information content (AvgIpc) is 2.74. The maximum absolute atomic E-state index is 13.9. The molecule has 2 aromatic rings. The second-order valence-corrected chi connectivity index (χ2v) is 9.55. The zero-order valence-electron chi connectivity index (χ0n) is 17.5. The van der Waals surface area contributed by atoms with Gasteiger partial charge in [0.25, 0.3) is 0 Å². The number of carbonyl (C=O) groups is 1. The van der Waals surface area contributed by atoms with Crippen LogP contribution in [0.2, 0.25) is 0 Å². The van der Waals surface area contributed by atoms with Crippen molar-refractivity contribution < 1.29 is 22.3 Å². The highest BCUT2D eigenvalue weighted by molar-refractivity contribution is 7.89. The number of sulfonamides is 1. The van der Waals surface area contributed by atoms with E-state index in [4.69, 9.17) is 4.74 Å². The first-order valence-corrected chi connectivity index (χ1v) is 11.3. The van der Waals surface area contributed by atoms with Gasteiger partial charge in [-0.15, -0.1) is 0 Å². The predicted octanol–water partition coefficient (Wildman–Crippen LogP) is 3.20. The van der Waals surface area contributed by atoms with Gasteiger partial charge < -0.3 is 9.64 Å². The van der Waals surface area contributed by atoms with Crippen LogP contribution in [-0.4, -0.2) is 50.8 Å². The number of rotatable bonds is 6. The molecule has 0 radical (unpaired) electrons. The van der Waals surface area contributed by atoms with E-state index >= 15 is 0 Å². The minimum absolute atomic E-state index is 0.0971. The Balaban J connectivity index is 1.77. The Hall–Kier alpha value is -2.45. The molecule has 0 aliphatic carbocycles. The third-order valence-electron chi connectivity index (χ3n) is 5.41. The molecule has 1 aliphatic heterocycles. The number of benzene rings is 2. The third kappa shape index (κ3) is 4.65. The quantitative estimate of drug-likeness (QED) is 0.700. The first-order chi connectivity index (χ1) is 14.2. The molecular weight excluding hydrogens is 407 g/mol. The molecule has 30 heavy (non-hydrogen) atoms. The Morgan fingerprint density at radius 3 is 2.70 bits per heavy atom. The SMILES string of the molecule is COc1ccc(C)cc1S(=O)(=O)N1CCCC(C(=O)N(C)Cc2ccccc2F)C1. The van der Waals surface area contributed by atoms with Gasteiger partial charge in [-0.25, -0.2) is 12.8 Å². The number of halogens is 1. The first kappa shape index (κ1) is 22.2. The second kappa shape index (κ2) is 9.14. The van der Waals surface area contributed by atoms with Gasteiger partial charge in [0.1, 0.15) is 16.5 Å². The van der Waals surface area contributed by atoms with Gasteiger partial charge in [-0.1, -0.05) is 24.3 Å². The van der Waals surface area contributed by atoms with E-state index < -0.39 is 15.9 Å². The summed E-state index contributed by atoms with van der Waals surface area (Å²) in [6.45, 7) is 2.40. The van der Waals surface area contributed by atoms with Crippen molar-refractivity contribution in [2.75, 3.05) is 27.2 Å². The van der Waals surface area contributed by atoms with E-state index in [1.54, 1.807) is 43.4 Å². The molecule has 6 nitrogen and oxygen atoms in total. The monoisotopic (exact) mass is 434 g/mol. The Morgan fingerprint density at radius 1 is 1.27 bits per heavy atom. The van der Waals surface area contributed by atoms with Crippen LogP contribution >= 0.6 is 0 Å². The Bertz CT molecular complexity index is 1030. The topological polar surface area (TPSA) is 66.9 Å². The largest absolute Gasteiger partial charge is 0.495 e. The van der Waals surface area contributed by atoms with Crippen molar-refractivity contribution in [1.82, 2.24) is 9.21 Å². The predicted molar refractivity (Wildman–Crippen MR) is 112 cm³/mol. The van der Waals surface area contributed by atoms with E-state index in [9.17, 15) is 17.6 Å². The maximum atomic E-state index is 13.9. The summed E-state index contributed by atoms with van der Waals surface area (Å²) in [6, 6.07) is 11.3. The van der Waals surface area contributed by atoms with Gasteiger partial charge in [0.05, 0.1) is 13.0 Å². The van der Waals surface area contributed by atoms with E-state index in [0.29, 0.717) is 24.9 Å². The fourth-order valence-corrected chi connectivity index (χ4v) is 5.52. The zero-order valence-corrected chi connectivity index (χ0v) is 18.3. The highest BCUT2D eigenvalue weighted by Crippen LogP contribution is 2.31. The van der Waals surface area contributed by atoms with Crippen LogP contribution in [0, 0.1) is 18.7 Å². The smallest absolute Gasteiger partial charge is 0.246 e. The van der Waals surface area contributed by atoms with Crippen LogP contribution in [0.4, 0.5) is 4.39 Å². The van der Waals surface area contributed by atoms with Crippen molar-refractivity contribution in [1.29, 1.82) is 0 Å². The molecule has 1 heterocycles. The molecule has 0 bridgehead atoms. The molecular formula is C22H27FN2O4S. The molecule has 162 valence electrons. The molecule has 0 N–H and O–H groups in total. The van der Waals surface area contributed by atoms with Crippen LogP contribution in [0.5, 0.6) is 5.75 Å². The summed E-state index contributed by atoms with van der Waals surface area (Å²) in [5, 5.41) is 0. The summed E-state index contributed by atoms with van der Waals surface area (Å²) in [5.74, 6) is -0.738. The molecule has 3 rings (SSSR count). The number of aryl methyl sites for hydroxylation is 1. The highest BCUT2D eigenvalue weighted by Gasteiger charge is 2.35. The van der Waals surface area contributed by atoms with E-state index in [2.05, 4.69) is 0 Å². The Kier molecular flexibility index (Phi) is 6.77. The minimum Gasteiger partial charge on any atom is -0.495 e. The summed E-state index contributed by atoms with van der Waals surface area (Å²) >= 11 is 0. The van der Waals surface area contributed by atoms with Crippen molar-refractivity contribution >= 4 is 15.9 Å². The number of nitrogens with zero attached hydrogens (tertiary/aromatic N) is 2. The molecule has 1 unspecified atom stereocenters. The normalized spacial score (nSPS) is 17.5. The zero-order chi connectivity index (χ0) is 21.9. The van der Waals surface area contributed by atoms with E-state index in [1.807, 2.05) is 6.92 Å². The van der Waals surface area contributed by atoms with Crippen molar-refractivity contribution in [3.05, 3.63) is 59.4 Å². The molecule has 0 saturated carbocycles. The number of methoxy groups -OCH3 is 1. The second-order valence-electron chi connectivity index (χ2n) is 7.64. The Labute approximate surface area is 177 Å². The van der Waals surface area contributed by atoms with Crippen LogP contribution in [0.1, 0.15) is 24.0 Å². The van der Waals surface area contributed by atoms with Gasteiger partial charge in [0.15, 0.2) is 0 Å². The maximum Gasteiger partial charge on any atom is 0.246 e. The molecule has 1 amide bonds. The van der Waals surface area contributed by atoms with Gasteiger partial charge >= 0.3 is 0 Å². The lowest BCUT2D eigenvalue weighted by molar-refractivity contribution is -0.135. The number of amides is 1. The molecule has 0 spiro atoms. The summed E-state index contributed by atoms with van der Waals surface area (Å²) in [4.78, 5) is 14.5. The third-order valence-corrected chi connectivity index (χ3v) is 7.30. The van der Waals surface area contributed by atoms with Crippen molar-refractivity contribution in [2.24, 2.45) is 5.92 Å². The lowest BCUT2D eigenvalue weighted by Gasteiger charge is -2.33. The van der Waals surface area contributed by atoms with Crippen molar-refractivity contribution in [3.63, 3.8) is 0 Å². The van der Waals surface area contributed by atoms with Gasteiger partial charge in [-0.05, 0) is 43.5 Å². The van der Waals surface area contributed by atoms with Crippen molar-refractivity contribution in [2.45, 2.75) is 31.2 Å². The summed E-state index contributed by atoms with van der Waals surface area (Å²) in [7, 11) is -0.756. The lowest BCUT2D eigenvalue weighted by Crippen LogP contribution is -2.45. The number of hydrogen-bond donors (Lipinski definition) is 0. The van der Waals surface area contributed by atoms with E-state index in [0.717, 1.165) is 5.56 Å². The summed E-state index contributed by atoms with van der Waals surface area (Å²) in [5.41, 5.74) is 1.24. The van der Waals surface area contributed by atoms with E-state index in [1.165, 1.54) is 22.4 Å². The molecule has 2 aromatic carbocycles. The highest BCUT2D eigenvalue weighted by atomic mass is 32.2. The van der Waals surface area contributed by atoms with Crippen molar-refractivity contribution in [3.8, 4) is 5.75 Å². The van der Waals surface area contributed by atoms with Gasteiger partial charge in [-0.2, -0.15) is 4.31 Å². The molecule has 1 fully saturated rings. The first-order valence-electron chi connectivity index (χ1n) is 9.87. The summed E-state index contributed by atoms with van der Waals surface area (Å²) in [6.07, 6.45) is 1.18. The lowest BCUT2D eigenvalue weighted by atomic mass is 9.98. The molecule has 1 saturated heterocycles. The van der Waals surface area contributed by atoms with Crippen LogP contribution < -0.4 is 4.74 Å². The summed E-state index contributed by atoms with van der Waals surface area (Å²) < 4.78 is 47.1. The van der Waals surface area contributed by atoms with Crippen LogP contribution in [0.15, 0.2) is 47.4 Å². The Morgan fingerprint density at radius 2 is 2.00 bits per heavy atom. The standard InChI is InChI=1S/C22H27FN2O4S/c1-16-10-11-20(29-3)21(13-16)30(27,28)25-12-6-8-18(15-25)22(26)24(2)14-17-7-4-5-9-19(17)23/h4-5,7,9-11,13,18H,6,8,12,14-15H2,1-3H3. The van der Waals surface area contributed by atoms with Crippen LogP contribution in [0.3, 0.4) is 0 Å². The van der Waals surface area contributed by atoms with Crippen LogP contribution in [-0.2, 0) is 21.4 Å². The fraction of sp³-hybridized carbons (Fsp3) is 0.409. The molecule has 8 heteroatoms. The average molecular weight is 435 g/mol. The minimum atomic E-state index is -3.81. The van der Waals surface area contributed by atoms with E-state index in [-0.39, 0.29) is 35.5 Å². The van der Waals surface area contributed by atoms with Gasteiger partial charge in [-0.3, -0.25) is 4.79 Å².